The molecular formula is C15H25N3O. The predicted octanol–water partition coefficient (Wildman–Crippen LogP) is 2.14. The lowest BCUT2D eigenvalue weighted by molar-refractivity contribution is 0.0679. The molecule has 4 heteroatoms. The van der Waals surface area contributed by atoms with E-state index in [0.717, 1.165) is 24.3 Å². The minimum absolute atomic E-state index is 0.0968. The molecule has 19 heavy (non-hydrogen) atoms. The van der Waals surface area contributed by atoms with E-state index in [4.69, 9.17) is 0 Å². The van der Waals surface area contributed by atoms with Crippen LogP contribution >= 0.6 is 0 Å². The second-order valence-corrected chi connectivity index (χ2v) is 5.03. The van der Waals surface area contributed by atoms with Gasteiger partial charge in [-0.05, 0) is 52.2 Å². The van der Waals surface area contributed by atoms with E-state index >= 15 is 0 Å². The number of carbonyl (C=O) groups excluding carboxylic acids is 1. The second-order valence-electron chi connectivity index (χ2n) is 5.03. The molecule has 0 heterocycles. The van der Waals surface area contributed by atoms with Crippen molar-refractivity contribution in [2.45, 2.75) is 19.9 Å². The van der Waals surface area contributed by atoms with Crippen molar-refractivity contribution in [3.8, 4) is 0 Å². The molecule has 1 rings (SSSR count). The molecule has 106 valence electrons. The van der Waals surface area contributed by atoms with Crippen LogP contribution < -0.4 is 5.32 Å². The SMILES string of the molecule is CCN(C(=O)c1ccc(NC)cc1)C(C)CN(C)C. The number of nitrogens with zero attached hydrogens (tertiary/aromatic N) is 2. The summed E-state index contributed by atoms with van der Waals surface area (Å²) in [5, 5.41) is 3.05. The first-order valence-corrected chi connectivity index (χ1v) is 6.73. The zero-order valence-electron chi connectivity index (χ0n) is 12.6. The van der Waals surface area contributed by atoms with Crippen molar-refractivity contribution in [3.63, 3.8) is 0 Å². The van der Waals surface area contributed by atoms with Gasteiger partial charge in [-0.25, -0.2) is 0 Å². The molecule has 0 aromatic heterocycles. The molecule has 1 unspecified atom stereocenters. The number of hydrogen-bond acceptors (Lipinski definition) is 3. The topological polar surface area (TPSA) is 35.6 Å². The molecule has 1 N–H and O–H groups in total. The number of hydrogen-bond donors (Lipinski definition) is 1. The maximum Gasteiger partial charge on any atom is 0.254 e. The fraction of sp³-hybridized carbons (Fsp3) is 0.533. The third-order valence-corrected chi connectivity index (χ3v) is 3.18. The first-order valence-electron chi connectivity index (χ1n) is 6.73. The average Bonchev–Trinajstić information content (AvgIpc) is 2.38. The van der Waals surface area contributed by atoms with E-state index < -0.39 is 0 Å². The molecule has 0 aliphatic rings. The highest BCUT2D eigenvalue weighted by Gasteiger charge is 2.20. The first kappa shape index (κ1) is 15.5. The Bertz CT molecular complexity index is 400. The molecule has 4 nitrogen and oxygen atoms in total. The molecular weight excluding hydrogens is 238 g/mol. The number of likely N-dealkylation sites (N-methyl/N-ethyl adjacent to an activating group) is 2. The van der Waals surface area contributed by atoms with E-state index in [9.17, 15) is 4.79 Å². The van der Waals surface area contributed by atoms with Crippen LogP contribution in [0, 0.1) is 0 Å². The normalized spacial score (nSPS) is 12.3. The van der Waals surface area contributed by atoms with Crippen molar-refractivity contribution in [1.82, 2.24) is 9.80 Å². The molecule has 0 fully saturated rings. The summed E-state index contributed by atoms with van der Waals surface area (Å²) in [5.74, 6) is 0.0968. The Kier molecular flexibility index (Phi) is 5.83. The van der Waals surface area contributed by atoms with Crippen LogP contribution in [-0.4, -0.2) is 56.0 Å². The van der Waals surface area contributed by atoms with Crippen LogP contribution in [0.15, 0.2) is 24.3 Å². The highest BCUT2D eigenvalue weighted by atomic mass is 16.2. The minimum atomic E-state index is 0.0968. The van der Waals surface area contributed by atoms with E-state index in [0.29, 0.717) is 0 Å². The van der Waals surface area contributed by atoms with Crippen LogP contribution in [0.5, 0.6) is 0 Å². The van der Waals surface area contributed by atoms with Crippen LogP contribution in [0.1, 0.15) is 24.2 Å². The smallest absolute Gasteiger partial charge is 0.254 e. The lowest BCUT2D eigenvalue weighted by Gasteiger charge is -2.30. The van der Waals surface area contributed by atoms with E-state index in [1.54, 1.807) is 0 Å². The number of anilines is 1. The van der Waals surface area contributed by atoms with Crippen molar-refractivity contribution in [1.29, 1.82) is 0 Å². The van der Waals surface area contributed by atoms with Gasteiger partial charge in [0.1, 0.15) is 0 Å². The third kappa shape index (κ3) is 4.24. The molecule has 0 bridgehead atoms. The number of carbonyl (C=O) groups is 1. The molecule has 1 atom stereocenters. The van der Waals surface area contributed by atoms with Gasteiger partial charge in [0, 0.05) is 37.4 Å². The Labute approximate surface area is 116 Å². The van der Waals surface area contributed by atoms with Crippen LogP contribution in [0.2, 0.25) is 0 Å². The zero-order chi connectivity index (χ0) is 14.4. The van der Waals surface area contributed by atoms with Gasteiger partial charge in [0.15, 0.2) is 0 Å². The molecule has 0 saturated heterocycles. The van der Waals surface area contributed by atoms with Crippen molar-refractivity contribution < 1.29 is 4.79 Å². The summed E-state index contributed by atoms with van der Waals surface area (Å²) in [6, 6.07) is 7.81. The Morgan fingerprint density at radius 1 is 1.26 bits per heavy atom. The maximum absolute atomic E-state index is 12.5. The largest absolute Gasteiger partial charge is 0.388 e. The minimum Gasteiger partial charge on any atom is -0.388 e. The number of rotatable bonds is 6. The Balaban J connectivity index is 2.82. The molecule has 1 amide bonds. The fourth-order valence-corrected chi connectivity index (χ4v) is 2.23. The van der Waals surface area contributed by atoms with Gasteiger partial charge in [0.05, 0.1) is 0 Å². The maximum atomic E-state index is 12.5. The first-order chi connectivity index (χ1) is 8.99. The zero-order valence-corrected chi connectivity index (χ0v) is 12.6. The molecule has 0 saturated carbocycles. The van der Waals surface area contributed by atoms with Gasteiger partial charge < -0.3 is 15.1 Å². The fourth-order valence-electron chi connectivity index (χ4n) is 2.23. The Hall–Kier alpha value is -1.55. The molecule has 1 aromatic carbocycles. The molecule has 0 aliphatic heterocycles. The standard InChI is InChI=1S/C15H25N3O/c1-6-18(12(2)11-17(4)5)15(19)13-7-9-14(16-3)10-8-13/h7-10,12,16H,6,11H2,1-5H3. The van der Waals surface area contributed by atoms with Gasteiger partial charge in [-0.15, -0.1) is 0 Å². The summed E-state index contributed by atoms with van der Waals surface area (Å²) in [4.78, 5) is 16.5. The molecule has 0 spiro atoms. The summed E-state index contributed by atoms with van der Waals surface area (Å²) in [7, 11) is 5.92. The summed E-state index contributed by atoms with van der Waals surface area (Å²) in [5.41, 5.74) is 1.76. The highest BCUT2D eigenvalue weighted by Crippen LogP contribution is 2.13. The van der Waals surface area contributed by atoms with Crippen molar-refractivity contribution in [2.24, 2.45) is 0 Å². The second kappa shape index (κ2) is 7.14. The van der Waals surface area contributed by atoms with Gasteiger partial charge in [-0.3, -0.25) is 4.79 Å². The van der Waals surface area contributed by atoms with Crippen LogP contribution in [0.25, 0.3) is 0 Å². The van der Waals surface area contributed by atoms with Gasteiger partial charge in [0.25, 0.3) is 5.91 Å². The monoisotopic (exact) mass is 263 g/mol. The van der Waals surface area contributed by atoms with E-state index in [1.165, 1.54) is 0 Å². The number of nitrogens with one attached hydrogen (secondary N) is 1. The van der Waals surface area contributed by atoms with Crippen molar-refractivity contribution in [2.75, 3.05) is 39.5 Å². The Morgan fingerprint density at radius 2 is 1.84 bits per heavy atom. The third-order valence-electron chi connectivity index (χ3n) is 3.18. The number of benzene rings is 1. The quantitative estimate of drug-likeness (QED) is 0.854. The van der Waals surface area contributed by atoms with E-state index in [1.807, 2.05) is 57.2 Å². The summed E-state index contributed by atoms with van der Waals surface area (Å²) < 4.78 is 0. The van der Waals surface area contributed by atoms with Crippen molar-refractivity contribution >= 4 is 11.6 Å². The van der Waals surface area contributed by atoms with E-state index in [-0.39, 0.29) is 11.9 Å². The number of amides is 1. The summed E-state index contributed by atoms with van der Waals surface area (Å²) in [6.07, 6.45) is 0. The van der Waals surface area contributed by atoms with Crippen LogP contribution in [0.3, 0.4) is 0 Å². The van der Waals surface area contributed by atoms with Gasteiger partial charge in [-0.1, -0.05) is 0 Å². The summed E-state index contributed by atoms with van der Waals surface area (Å²) in [6.45, 7) is 5.70. The average molecular weight is 263 g/mol. The predicted molar refractivity (Wildman–Crippen MR) is 80.7 cm³/mol. The van der Waals surface area contributed by atoms with Gasteiger partial charge >= 0.3 is 0 Å². The lowest BCUT2D eigenvalue weighted by Crippen LogP contribution is -2.43. The van der Waals surface area contributed by atoms with Crippen molar-refractivity contribution in [3.05, 3.63) is 29.8 Å². The Morgan fingerprint density at radius 3 is 2.26 bits per heavy atom. The van der Waals surface area contributed by atoms with Crippen LogP contribution in [0.4, 0.5) is 5.69 Å². The van der Waals surface area contributed by atoms with E-state index in [2.05, 4.69) is 17.1 Å². The van der Waals surface area contributed by atoms with Gasteiger partial charge in [-0.2, -0.15) is 0 Å². The lowest BCUT2D eigenvalue weighted by atomic mass is 10.1. The summed E-state index contributed by atoms with van der Waals surface area (Å²) >= 11 is 0. The van der Waals surface area contributed by atoms with Gasteiger partial charge in [0.2, 0.25) is 0 Å². The molecule has 1 aromatic rings. The molecule has 0 radical (unpaired) electrons. The molecule has 0 aliphatic carbocycles. The van der Waals surface area contributed by atoms with Crippen LogP contribution in [-0.2, 0) is 0 Å². The highest BCUT2D eigenvalue weighted by molar-refractivity contribution is 5.94.